The second-order valence-electron chi connectivity index (χ2n) is 4.75. The Kier molecular flexibility index (Phi) is 4.94. The summed E-state index contributed by atoms with van der Waals surface area (Å²) in [5.74, 6) is 1.84. The number of aromatic nitrogens is 2. The fraction of sp³-hybridized carbons (Fsp3) is 0.615. The molecule has 1 aromatic rings. The van der Waals surface area contributed by atoms with Gasteiger partial charge in [0.15, 0.2) is 0 Å². The van der Waals surface area contributed by atoms with Crippen LogP contribution in [0.3, 0.4) is 0 Å². The molecule has 0 saturated heterocycles. The first-order valence-electron chi connectivity index (χ1n) is 6.64. The van der Waals surface area contributed by atoms with Crippen LogP contribution in [-0.4, -0.2) is 36.1 Å². The van der Waals surface area contributed by atoms with E-state index in [1.54, 1.807) is 6.07 Å². The average Bonchev–Trinajstić information content (AvgIpc) is 2.96. The summed E-state index contributed by atoms with van der Waals surface area (Å²) in [6.45, 7) is 1.06. The highest BCUT2D eigenvalue weighted by Crippen LogP contribution is 2.24. The highest BCUT2D eigenvalue weighted by molar-refractivity contribution is 5.74. The van der Waals surface area contributed by atoms with Gasteiger partial charge in [-0.25, -0.2) is 9.97 Å². The van der Waals surface area contributed by atoms with E-state index in [1.165, 1.54) is 39.1 Å². The Labute approximate surface area is 113 Å². The molecule has 0 bridgehead atoms. The molecule has 104 valence electrons. The number of carbonyl (C=O) groups is 1. The van der Waals surface area contributed by atoms with E-state index < -0.39 is 0 Å². The summed E-state index contributed by atoms with van der Waals surface area (Å²) in [4.78, 5) is 19.3. The molecule has 1 heterocycles. The third-order valence-electron chi connectivity index (χ3n) is 3.36. The minimum absolute atomic E-state index is 0.107. The van der Waals surface area contributed by atoms with Crippen LogP contribution in [0.15, 0.2) is 12.4 Å². The third kappa shape index (κ3) is 4.39. The molecule has 1 aliphatic rings. The fourth-order valence-electron chi connectivity index (χ4n) is 2.25. The topological polar surface area (TPSA) is 76.1 Å². The summed E-state index contributed by atoms with van der Waals surface area (Å²) >= 11 is 0. The first-order chi connectivity index (χ1) is 9.28. The van der Waals surface area contributed by atoms with Gasteiger partial charge >= 0.3 is 5.97 Å². The molecule has 0 aliphatic heterocycles. The van der Waals surface area contributed by atoms with Crippen molar-refractivity contribution < 1.29 is 9.53 Å². The van der Waals surface area contributed by atoms with E-state index in [-0.39, 0.29) is 12.5 Å². The second kappa shape index (κ2) is 6.92. The number of nitrogens with one attached hydrogen (secondary N) is 2. The van der Waals surface area contributed by atoms with Gasteiger partial charge in [-0.1, -0.05) is 12.8 Å². The minimum atomic E-state index is -0.320. The highest BCUT2D eigenvalue weighted by Gasteiger charge is 2.14. The number of hydrogen-bond acceptors (Lipinski definition) is 6. The number of carbonyl (C=O) groups excluding carboxylic acids is 1. The molecule has 19 heavy (non-hydrogen) atoms. The van der Waals surface area contributed by atoms with Gasteiger partial charge in [-0.2, -0.15) is 0 Å². The molecule has 0 atom stereocenters. The molecule has 0 aromatic carbocycles. The highest BCUT2D eigenvalue weighted by atomic mass is 16.5. The van der Waals surface area contributed by atoms with Crippen LogP contribution in [0.1, 0.15) is 25.7 Å². The SMILES string of the molecule is COC(=O)CNc1cc(NCC2CCCC2)ncn1. The Morgan fingerprint density at radius 1 is 1.32 bits per heavy atom. The Bertz CT molecular complexity index is 419. The van der Waals surface area contributed by atoms with Gasteiger partial charge in [-0.15, -0.1) is 0 Å². The largest absolute Gasteiger partial charge is 0.468 e. The first kappa shape index (κ1) is 13.6. The van der Waals surface area contributed by atoms with Crippen molar-refractivity contribution in [3.63, 3.8) is 0 Å². The van der Waals surface area contributed by atoms with Gasteiger partial charge in [0.05, 0.1) is 7.11 Å². The quantitative estimate of drug-likeness (QED) is 0.761. The predicted molar refractivity (Wildman–Crippen MR) is 73.0 cm³/mol. The zero-order valence-electron chi connectivity index (χ0n) is 11.2. The zero-order valence-corrected chi connectivity index (χ0v) is 11.2. The summed E-state index contributed by atoms with van der Waals surface area (Å²) in [6.07, 6.45) is 6.75. The van der Waals surface area contributed by atoms with E-state index in [9.17, 15) is 4.79 Å². The van der Waals surface area contributed by atoms with Gasteiger partial charge in [0.25, 0.3) is 0 Å². The molecule has 1 aromatic heterocycles. The van der Waals surface area contributed by atoms with Crippen LogP contribution in [-0.2, 0) is 9.53 Å². The summed E-state index contributed by atoms with van der Waals surface area (Å²) in [6, 6.07) is 1.80. The molecule has 0 spiro atoms. The minimum Gasteiger partial charge on any atom is -0.468 e. The van der Waals surface area contributed by atoms with Gasteiger partial charge < -0.3 is 15.4 Å². The van der Waals surface area contributed by atoms with Crippen molar-refractivity contribution in [1.82, 2.24) is 9.97 Å². The van der Waals surface area contributed by atoms with Crippen LogP contribution in [0.25, 0.3) is 0 Å². The average molecular weight is 264 g/mol. The molecule has 1 aliphatic carbocycles. The number of anilines is 2. The lowest BCUT2D eigenvalue weighted by Crippen LogP contribution is -2.16. The maximum absolute atomic E-state index is 11.0. The Balaban J connectivity index is 1.82. The number of methoxy groups -OCH3 is 1. The van der Waals surface area contributed by atoms with Crippen molar-refractivity contribution in [2.75, 3.05) is 30.8 Å². The van der Waals surface area contributed by atoms with Gasteiger partial charge in [-0.3, -0.25) is 4.79 Å². The van der Waals surface area contributed by atoms with Crippen LogP contribution in [0.5, 0.6) is 0 Å². The Morgan fingerprint density at radius 3 is 2.68 bits per heavy atom. The Morgan fingerprint density at radius 2 is 2.00 bits per heavy atom. The van der Waals surface area contributed by atoms with E-state index in [1.807, 2.05) is 0 Å². The molecule has 0 unspecified atom stereocenters. The van der Waals surface area contributed by atoms with E-state index in [2.05, 4.69) is 25.3 Å². The van der Waals surface area contributed by atoms with Crippen molar-refractivity contribution in [3.05, 3.63) is 12.4 Å². The van der Waals surface area contributed by atoms with Crippen LogP contribution >= 0.6 is 0 Å². The maximum atomic E-state index is 11.0. The lowest BCUT2D eigenvalue weighted by atomic mass is 10.1. The molecular formula is C13H20N4O2. The van der Waals surface area contributed by atoms with Gasteiger partial charge in [0.2, 0.25) is 0 Å². The molecule has 6 nitrogen and oxygen atoms in total. The standard InChI is InChI=1S/C13H20N4O2/c1-19-13(18)8-15-12-6-11(16-9-17-12)14-7-10-4-2-3-5-10/h6,9-10H,2-5,7-8H2,1H3,(H2,14,15,16,17). The molecule has 0 radical (unpaired) electrons. The molecular weight excluding hydrogens is 244 g/mol. The van der Waals surface area contributed by atoms with E-state index in [0.29, 0.717) is 5.82 Å². The van der Waals surface area contributed by atoms with Crippen LogP contribution in [0.4, 0.5) is 11.6 Å². The predicted octanol–water partition coefficient (Wildman–Crippen LogP) is 1.66. The fourth-order valence-corrected chi connectivity index (χ4v) is 2.25. The smallest absolute Gasteiger partial charge is 0.325 e. The van der Waals surface area contributed by atoms with E-state index >= 15 is 0 Å². The zero-order chi connectivity index (χ0) is 13.5. The number of hydrogen-bond donors (Lipinski definition) is 2. The lowest BCUT2D eigenvalue weighted by Gasteiger charge is -2.11. The van der Waals surface area contributed by atoms with Crippen LogP contribution < -0.4 is 10.6 Å². The van der Waals surface area contributed by atoms with Gasteiger partial charge in [-0.05, 0) is 18.8 Å². The molecule has 0 amide bonds. The number of nitrogens with zero attached hydrogens (tertiary/aromatic N) is 2. The summed E-state index contributed by atoms with van der Waals surface area (Å²) in [5.41, 5.74) is 0. The molecule has 2 N–H and O–H groups in total. The number of esters is 1. The van der Waals surface area contributed by atoms with Gasteiger partial charge in [0, 0.05) is 12.6 Å². The van der Waals surface area contributed by atoms with Crippen molar-refractivity contribution in [2.24, 2.45) is 5.92 Å². The molecule has 6 heteroatoms. The van der Waals surface area contributed by atoms with Gasteiger partial charge in [0.1, 0.15) is 24.5 Å². The second-order valence-corrected chi connectivity index (χ2v) is 4.75. The van der Waals surface area contributed by atoms with E-state index in [0.717, 1.165) is 18.3 Å². The van der Waals surface area contributed by atoms with Crippen LogP contribution in [0, 0.1) is 5.92 Å². The lowest BCUT2D eigenvalue weighted by molar-refractivity contribution is -0.138. The van der Waals surface area contributed by atoms with Crippen LogP contribution in [0.2, 0.25) is 0 Å². The maximum Gasteiger partial charge on any atom is 0.325 e. The van der Waals surface area contributed by atoms with Crippen molar-refractivity contribution >= 4 is 17.6 Å². The van der Waals surface area contributed by atoms with Crippen molar-refractivity contribution in [1.29, 1.82) is 0 Å². The molecule has 1 saturated carbocycles. The normalized spacial score (nSPS) is 15.2. The summed E-state index contributed by atoms with van der Waals surface area (Å²) in [7, 11) is 1.36. The van der Waals surface area contributed by atoms with E-state index in [4.69, 9.17) is 0 Å². The number of ether oxygens (including phenoxy) is 1. The summed E-state index contributed by atoms with van der Waals surface area (Å²) < 4.78 is 4.56. The number of rotatable bonds is 6. The summed E-state index contributed by atoms with van der Waals surface area (Å²) in [5, 5.41) is 6.22. The molecule has 1 fully saturated rings. The third-order valence-corrected chi connectivity index (χ3v) is 3.36. The monoisotopic (exact) mass is 264 g/mol. The molecule has 2 rings (SSSR count). The van der Waals surface area contributed by atoms with Crippen molar-refractivity contribution in [2.45, 2.75) is 25.7 Å². The first-order valence-corrected chi connectivity index (χ1v) is 6.64. The Hall–Kier alpha value is -1.85. The van der Waals surface area contributed by atoms with Crippen molar-refractivity contribution in [3.8, 4) is 0 Å².